The molecular weight excluding hydrogens is 350 g/mol. The maximum atomic E-state index is 12.9. The van der Waals surface area contributed by atoms with Crippen molar-refractivity contribution in [2.75, 3.05) is 6.54 Å². The third kappa shape index (κ3) is 2.99. The SMILES string of the molecule is Cc1cc(C)n(C(=O)[C@@H]2CCCN2S(=O)(=O)c2ccc(Cl)cc2)n1. The van der Waals surface area contributed by atoms with Crippen LogP contribution in [0.3, 0.4) is 0 Å². The van der Waals surface area contributed by atoms with Crippen LogP contribution in [0, 0.1) is 13.8 Å². The first-order valence-corrected chi connectivity index (χ1v) is 9.47. The van der Waals surface area contributed by atoms with E-state index in [4.69, 9.17) is 11.6 Å². The average molecular weight is 368 g/mol. The Morgan fingerprint density at radius 1 is 1.25 bits per heavy atom. The number of sulfonamides is 1. The predicted octanol–water partition coefficient (Wildman–Crippen LogP) is 2.65. The second kappa shape index (κ2) is 6.31. The van der Waals surface area contributed by atoms with Crippen LogP contribution in [0.5, 0.6) is 0 Å². The van der Waals surface area contributed by atoms with Crippen LogP contribution < -0.4 is 0 Å². The Balaban J connectivity index is 1.94. The number of aryl methyl sites for hydroxylation is 2. The van der Waals surface area contributed by atoms with Crippen LogP contribution in [-0.2, 0) is 10.0 Å². The van der Waals surface area contributed by atoms with Gasteiger partial charge in [-0.2, -0.15) is 9.40 Å². The molecule has 0 N–H and O–H groups in total. The summed E-state index contributed by atoms with van der Waals surface area (Å²) in [5.74, 6) is -0.310. The lowest BCUT2D eigenvalue weighted by Gasteiger charge is -2.23. The summed E-state index contributed by atoms with van der Waals surface area (Å²) in [7, 11) is -3.75. The van der Waals surface area contributed by atoms with Gasteiger partial charge < -0.3 is 0 Å². The summed E-state index contributed by atoms with van der Waals surface area (Å²) in [6, 6.07) is 7.04. The standard InChI is InChI=1S/C16H18ClN3O3S/c1-11-10-12(2)20(18-11)16(21)15-4-3-9-19(15)24(22,23)14-7-5-13(17)6-8-14/h5-8,10,15H,3-4,9H2,1-2H3/t15-/m0/s1. The van der Waals surface area contributed by atoms with Crippen LogP contribution in [0.15, 0.2) is 35.2 Å². The number of halogens is 1. The molecule has 6 nitrogen and oxygen atoms in total. The Kier molecular flexibility index (Phi) is 4.50. The van der Waals surface area contributed by atoms with Gasteiger partial charge in [-0.1, -0.05) is 11.6 Å². The third-order valence-corrected chi connectivity index (χ3v) is 6.30. The van der Waals surface area contributed by atoms with E-state index < -0.39 is 16.1 Å². The summed E-state index contributed by atoms with van der Waals surface area (Å²) < 4.78 is 28.3. The molecule has 0 bridgehead atoms. The van der Waals surface area contributed by atoms with Crippen molar-refractivity contribution in [1.82, 2.24) is 14.1 Å². The van der Waals surface area contributed by atoms with Gasteiger partial charge in [0.25, 0.3) is 5.91 Å². The van der Waals surface area contributed by atoms with Crippen LogP contribution >= 0.6 is 11.6 Å². The quantitative estimate of drug-likeness (QED) is 0.836. The molecule has 1 saturated heterocycles. The molecule has 0 unspecified atom stereocenters. The molecule has 0 radical (unpaired) electrons. The molecule has 2 aromatic rings. The van der Waals surface area contributed by atoms with Gasteiger partial charge in [-0.05, 0) is 57.0 Å². The second-order valence-electron chi connectivity index (χ2n) is 5.90. The summed E-state index contributed by atoms with van der Waals surface area (Å²) in [6.45, 7) is 3.90. The zero-order valence-electron chi connectivity index (χ0n) is 13.4. The van der Waals surface area contributed by atoms with Crippen molar-refractivity contribution in [2.45, 2.75) is 37.6 Å². The topological polar surface area (TPSA) is 72.3 Å². The van der Waals surface area contributed by atoms with Gasteiger partial charge in [-0.15, -0.1) is 0 Å². The molecule has 24 heavy (non-hydrogen) atoms. The summed E-state index contributed by atoms with van der Waals surface area (Å²) >= 11 is 5.83. The summed E-state index contributed by atoms with van der Waals surface area (Å²) in [6.07, 6.45) is 1.13. The molecular formula is C16H18ClN3O3S. The van der Waals surface area contributed by atoms with Gasteiger partial charge in [-0.3, -0.25) is 4.79 Å². The first-order chi connectivity index (χ1) is 11.3. The molecule has 1 atom stereocenters. The molecule has 0 saturated carbocycles. The van der Waals surface area contributed by atoms with Crippen LogP contribution in [0.1, 0.15) is 29.0 Å². The normalized spacial score (nSPS) is 18.9. The fraction of sp³-hybridized carbons (Fsp3) is 0.375. The zero-order chi connectivity index (χ0) is 17.5. The molecule has 1 aliphatic rings. The van der Waals surface area contributed by atoms with Crippen molar-refractivity contribution in [3.05, 3.63) is 46.7 Å². The largest absolute Gasteiger partial charge is 0.271 e. The Morgan fingerprint density at radius 2 is 1.92 bits per heavy atom. The van der Waals surface area contributed by atoms with E-state index in [0.29, 0.717) is 30.1 Å². The number of carbonyl (C=O) groups excluding carboxylic acids is 1. The summed E-state index contributed by atoms with van der Waals surface area (Å²) in [4.78, 5) is 12.9. The highest BCUT2D eigenvalue weighted by Gasteiger charge is 2.40. The van der Waals surface area contributed by atoms with Gasteiger partial charge in [0.05, 0.1) is 10.6 Å². The van der Waals surface area contributed by atoms with Gasteiger partial charge >= 0.3 is 0 Å². The smallest absolute Gasteiger partial charge is 0.265 e. The van der Waals surface area contributed by atoms with Crippen LogP contribution in [0.4, 0.5) is 0 Å². The van der Waals surface area contributed by atoms with Crippen molar-refractivity contribution < 1.29 is 13.2 Å². The first-order valence-electron chi connectivity index (χ1n) is 7.65. The number of benzene rings is 1. The molecule has 8 heteroatoms. The van der Waals surface area contributed by atoms with Crippen molar-refractivity contribution in [3.63, 3.8) is 0 Å². The molecule has 0 spiro atoms. The molecule has 3 rings (SSSR count). The molecule has 2 heterocycles. The Labute approximate surface area is 146 Å². The van der Waals surface area contributed by atoms with Crippen molar-refractivity contribution in [3.8, 4) is 0 Å². The molecule has 128 valence electrons. The summed E-state index contributed by atoms with van der Waals surface area (Å²) in [5, 5.41) is 4.65. The van der Waals surface area contributed by atoms with E-state index >= 15 is 0 Å². The maximum absolute atomic E-state index is 12.9. The minimum Gasteiger partial charge on any atom is -0.271 e. The van der Waals surface area contributed by atoms with Crippen LogP contribution in [0.25, 0.3) is 0 Å². The fourth-order valence-corrected chi connectivity index (χ4v) is 4.79. The highest BCUT2D eigenvalue weighted by molar-refractivity contribution is 7.89. The molecule has 1 aromatic carbocycles. The van der Waals surface area contributed by atoms with E-state index in [1.807, 2.05) is 0 Å². The second-order valence-corrected chi connectivity index (χ2v) is 8.23. The van der Waals surface area contributed by atoms with Gasteiger partial charge in [0.15, 0.2) is 0 Å². The van der Waals surface area contributed by atoms with Gasteiger partial charge in [0.1, 0.15) is 6.04 Å². The molecule has 1 aromatic heterocycles. The van der Waals surface area contributed by atoms with E-state index in [0.717, 1.165) is 5.69 Å². The molecule has 0 aliphatic carbocycles. The number of nitrogens with zero attached hydrogens (tertiary/aromatic N) is 3. The van der Waals surface area contributed by atoms with E-state index in [2.05, 4.69) is 5.10 Å². The molecule has 0 amide bonds. The van der Waals surface area contributed by atoms with Gasteiger partial charge in [0.2, 0.25) is 10.0 Å². The van der Waals surface area contributed by atoms with Crippen LogP contribution in [0.2, 0.25) is 5.02 Å². The van der Waals surface area contributed by atoms with Crippen LogP contribution in [-0.4, -0.2) is 41.0 Å². The number of rotatable bonds is 3. The van der Waals surface area contributed by atoms with E-state index in [1.54, 1.807) is 19.9 Å². The zero-order valence-corrected chi connectivity index (χ0v) is 15.0. The molecule has 1 fully saturated rings. The predicted molar refractivity (Wildman–Crippen MR) is 90.7 cm³/mol. The molecule has 1 aliphatic heterocycles. The highest BCUT2D eigenvalue weighted by atomic mass is 35.5. The van der Waals surface area contributed by atoms with Crippen molar-refractivity contribution >= 4 is 27.5 Å². The van der Waals surface area contributed by atoms with Gasteiger partial charge in [0, 0.05) is 17.3 Å². The minimum absolute atomic E-state index is 0.139. The first kappa shape index (κ1) is 17.1. The third-order valence-electron chi connectivity index (χ3n) is 4.13. The van der Waals surface area contributed by atoms with E-state index in [9.17, 15) is 13.2 Å². The number of hydrogen-bond acceptors (Lipinski definition) is 4. The number of carbonyl (C=O) groups is 1. The monoisotopic (exact) mass is 367 g/mol. The highest BCUT2D eigenvalue weighted by Crippen LogP contribution is 2.28. The average Bonchev–Trinajstić information content (AvgIpc) is 3.14. The fourth-order valence-electron chi connectivity index (χ4n) is 3.01. The lowest BCUT2D eigenvalue weighted by atomic mass is 10.2. The lowest BCUT2D eigenvalue weighted by Crippen LogP contribution is -2.43. The number of aromatic nitrogens is 2. The Morgan fingerprint density at radius 3 is 2.50 bits per heavy atom. The minimum atomic E-state index is -3.75. The number of hydrogen-bond donors (Lipinski definition) is 0. The van der Waals surface area contributed by atoms with Gasteiger partial charge in [-0.25, -0.2) is 13.1 Å². The van der Waals surface area contributed by atoms with Crippen molar-refractivity contribution in [2.24, 2.45) is 0 Å². The van der Waals surface area contributed by atoms with E-state index in [1.165, 1.54) is 33.3 Å². The van der Waals surface area contributed by atoms with Crippen molar-refractivity contribution in [1.29, 1.82) is 0 Å². The summed E-state index contributed by atoms with van der Waals surface area (Å²) in [5.41, 5.74) is 1.43. The maximum Gasteiger partial charge on any atom is 0.265 e. The van der Waals surface area contributed by atoms with E-state index in [-0.39, 0.29) is 10.8 Å². The lowest BCUT2D eigenvalue weighted by molar-refractivity contribution is 0.0813. The Bertz CT molecular complexity index is 874. The Hall–Kier alpha value is -1.70.